The maximum atomic E-state index is 12.0. The number of amides is 1. The zero-order valence-electron chi connectivity index (χ0n) is 13.6. The molecule has 0 unspecified atom stereocenters. The molecule has 0 aliphatic heterocycles. The van der Waals surface area contributed by atoms with Crippen LogP contribution in [0, 0.1) is 10.1 Å². The molecule has 2 aromatic rings. The number of benzene rings is 2. The number of aromatic hydroxyl groups is 1. The van der Waals surface area contributed by atoms with Gasteiger partial charge in [0.1, 0.15) is 12.4 Å². The van der Waals surface area contributed by atoms with Crippen LogP contribution in [0.3, 0.4) is 0 Å². The molecule has 0 fully saturated rings. The summed E-state index contributed by atoms with van der Waals surface area (Å²) in [7, 11) is 1.54. The maximum Gasteiger partial charge on any atom is 0.311 e. The van der Waals surface area contributed by atoms with Gasteiger partial charge in [-0.15, -0.1) is 0 Å². The Labute approximate surface area is 144 Å². The summed E-state index contributed by atoms with van der Waals surface area (Å²) in [6, 6.07) is 11.1. The number of methoxy groups -OCH3 is 1. The lowest BCUT2D eigenvalue weighted by Crippen LogP contribution is -2.32. The van der Waals surface area contributed by atoms with Crippen molar-refractivity contribution >= 4 is 11.6 Å². The van der Waals surface area contributed by atoms with Gasteiger partial charge in [0.15, 0.2) is 5.75 Å². The van der Waals surface area contributed by atoms with Crippen LogP contribution in [0.15, 0.2) is 42.5 Å². The molecular formula is C17H18N2O6. The van der Waals surface area contributed by atoms with Gasteiger partial charge in [0, 0.05) is 24.7 Å². The van der Waals surface area contributed by atoms with Crippen LogP contribution < -0.4 is 4.74 Å². The van der Waals surface area contributed by atoms with Gasteiger partial charge in [0.25, 0.3) is 0 Å². The molecule has 0 heterocycles. The lowest BCUT2D eigenvalue weighted by molar-refractivity contribution is -0.385. The van der Waals surface area contributed by atoms with Crippen molar-refractivity contribution < 1.29 is 24.7 Å². The highest BCUT2D eigenvalue weighted by molar-refractivity contribution is 5.77. The Morgan fingerprint density at radius 1 is 1.20 bits per heavy atom. The first-order valence-corrected chi connectivity index (χ1v) is 7.43. The maximum absolute atomic E-state index is 12.0. The van der Waals surface area contributed by atoms with Gasteiger partial charge in [-0.05, 0) is 17.7 Å². The fourth-order valence-corrected chi connectivity index (χ4v) is 2.34. The van der Waals surface area contributed by atoms with Crippen molar-refractivity contribution in [2.45, 2.75) is 13.1 Å². The Kier molecular flexibility index (Phi) is 5.91. The average molecular weight is 346 g/mol. The summed E-state index contributed by atoms with van der Waals surface area (Å²) < 4.78 is 5.07. The lowest BCUT2D eigenvalue weighted by Gasteiger charge is -2.22. The number of aliphatic hydroxyl groups is 1. The van der Waals surface area contributed by atoms with Gasteiger partial charge in [-0.1, -0.05) is 24.3 Å². The average Bonchev–Trinajstić information content (AvgIpc) is 2.62. The van der Waals surface area contributed by atoms with Gasteiger partial charge in [-0.2, -0.15) is 0 Å². The van der Waals surface area contributed by atoms with Crippen molar-refractivity contribution in [2.24, 2.45) is 0 Å². The van der Waals surface area contributed by atoms with Crippen LogP contribution in [-0.4, -0.2) is 39.7 Å². The summed E-state index contributed by atoms with van der Waals surface area (Å²) in [5, 5.41) is 30.1. The number of hydrogen-bond acceptors (Lipinski definition) is 6. The van der Waals surface area contributed by atoms with Gasteiger partial charge < -0.3 is 19.8 Å². The number of nitro groups is 1. The molecule has 132 valence electrons. The van der Waals surface area contributed by atoms with Crippen molar-refractivity contribution in [1.82, 2.24) is 4.90 Å². The first-order valence-electron chi connectivity index (χ1n) is 7.43. The number of nitrogens with zero attached hydrogens (tertiary/aromatic N) is 2. The van der Waals surface area contributed by atoms with Crippen molar-refractivity contribution in [3.63, 3.8) is 0 Å². The molecule has 8 heteroatoms. The van der Waals surface area contributed by atoms with Crippen molar-refractivity contribution in [3.8, 4) is 11.5 Å². The second-order valence-electron chi connectivity index (χ2n) is 5.30. The van der Waals surface area contributed by atoms with E-state index >= 15 is 0 Å². The van der Waals surface area contributed by atoms with Crippen molar-refractivity contribution in [1.29, 1.82) is 0 Å². The van der Waals surface area contributed by atoms with Gasteiger partial charge in [-0.25, -0.2) is 0 Å². The Balaban J connectivity index is 2.25. The molecule has 0 aliphatic carbocycles. The molecule has 0 saturated carbocycles. The van der Waals surface area contributed by atoms with Crippen LogP contribution in [0.1, 0.15) is 11.1 Å². The molecule has 0 aromatic heterocycles. The minimum Gasteiger partial charge on any atom is -0.502 e. The van der Waals surface area contributed by atoms with E-state index in [-0.39, 0.29) is 18.7 Å². The van der Waals surface area contributed by atoms with Gasteiger partial charge in [0.2, 0.25) is 5.91 Å². The summed E-state index contributed by atoms with van der Waals surface area (Å²) in [6.45, 7) is -0.601. The fraction of sp³-hybridized carbons (Fsp3) is 0.235. The fourth-order valence-electron chi connectivity index (χ4n) is 2.34. The van der Waals surface area contributed by atoms with Crippen LogP contribution in [0.25, 0.3) is 0 Å². The van der Waals surface area contributed by atoms with Gasteiger partial charge in [0.05, 0.1) is 12.0 Å². The molecule has 0 bridgehead atoms. The Morgan fingerprint density at radius 2 is 1.88 bits per heavy atom. The van der Waals surface area contributed by atoms with Crippen molar-refractivity contribution in [2.75, 3.05) is 13.7 Å². The molecule has 8 nitrogen and oxygen atoms in total. The van der Waals surface area contributed by atoms with E-state index in [2.05, 4.69) is 0 Å². The molecule has 0 aliphatic rings. The predicted molar refractivity (Wildman–Crippen MR) is 89.1 cm³/mol. The second-order valence-corrected chi connectivity index (χ2v) is 5.30. The highest BCUT2D eigenvalue weighted by atomic mass is 16.6. The molecule has 2 rings (SSSR count). The van der Waals surface area contributed by atoms with Crippen LogP contribution in [0.2, 0.25) is 0 Å². The number of hydrogen-bond donors (Lipinski definition) is 2. The number of ether oxygens (including phenoxy) is 1. The number of phenols is 1. The molecule has 1 amide bonds. The van der Waals surface area contributed by atoms with E-state index in [9.17, 15) is 25.1 Å². The lowest BCUT2D eigenvalue weighted by atomic mass is 10.1. The molecule has 0 atom stereocenters. The normalized spacial score (nSPS) is 10.3. The van der Waals surface area contributed by atoms with E-state index in [0.29, 0.717) is 5.75 Å². The number of carbonyl (C=O) groups is 1. The zero-order chi connectivity index (χ0) is 18.4. The summed E-state index contributed by atoms with van der Waals surface area (Å²) in [5.41, 5.74) is 0.579. The zero-order valence-corrected chi connectivity index (χ0v) is 13.6. The first kappa shape index (κ1) is 18.2. The molecule has 0 saturated heterocycles. The third kappa shape index (κ3) is 4.45. The van der Waals surface area contributed by atoms with Crippen LogP contribution in [-0.2, 0) is 17.9 Å². The van der Waals surface area contributed by atoms with Crippen LogP contribution in [0.4, 0.5) is 5.69 Å². The van der Waals surface area contributed by atoms with Crippen LogP contribution in [0.5, 0.6) is 11.5 Å². The Morgan fingerprint density at radius 3 is 2.44 bits per heavy atom. The summed E-state index contributed by atoms with van der Waals surface area (Å²) in [5.74, 6) is -0.375. The van der Waals surface area contributed by atoms with Gasteiger partial charge in [-0.3, -0.25) is 14.9 Å². The molecule has 2 aromatic carbocycles. The van der Waals surface area contributed by atoms with E-state index in [1.807, 2.05) is 0 Å². The highest BCUT2D eigenvalue weighted by Gasteiger charge is 2.20. The summed E-state index contributed by atoms with van der Waals surface area (Å²) in [4.78, 5) is 23.5. The number of carbonyl (C=O) groups excluding carboxylic acids is 1. The molecule has 25 heavy (non-hydrogen) atoms. The number of rotatable bonds is 7. The number of para-hydroxylation sites is 1. The molecule has 0 spiro atoms. The second kappa shape index (κ2) is 8.11. The Hall–Kier alpha value is -3.13. The molecular weight excluding hydrogens is 328 g/mol. The van der Waals surface area contributed by atoms with Crippen molar-refractivity contribution in [3.05, 3.63) is 63.7 Å². The van der Waals surface area contributed by atoms with E-state index in [4.69, 9.17) is 4.74 Å². The topological polar surface area (TPSA) is 113 Å². The van der Waals surface area contributed by atoms with Crippen LogP contribution >= 0.6 is 0 Å². The predicted octanol–water partition coefficient (Wildman–Crippen LogP) is 1.83. The molecule has 2 N–H and O–H groups in total. The Bertz CT molecular complexity index is 760. The number of aliphatic hydroxyl groups excluding tert-OH is 1. The summed E-state index contributed by atoms with van der Waals surface area (Å²) >= 11 is 0. The smallest absolute Gasteiger partial charge is 0.311 e. The number of nitro benzene ring substituents is 1. The SMILES string of the molecule is COc1ccc(CN(Cc2cccc([N+](=O)[O-])c2O)C(=O)CO)cc1. The van der Waals surface area contributed by atoms with E-state index < -0.39 is 28.9 Å². The van der Waals surface area contributed by atoms with E-state index in [1.165, 1.54) is 23.1 Å². The van der Waals surface area contributed by atoms with E-state index in [0.717, 1.165) is 5.56 Å². The minimum absolute atomic E-state index is 0.0705. The summed E-state index contributed by atoms with van der Waals surface area (Å²) in [6.07, 6.45) is 0. The minimum atomic E-state index is -0.703. The largest absolute Gasteiger partial charge is 0.502 e. The third-order valence-corrected chi connectivity index (χ3v) is 3.68. The highest BCUT2D eigenvalue weighted by Crippen LogP contribution is 2.30. The third-order valence-electron chi connectivity index (χ3n) is 3.68. The monoisotopic (exact) mass is 346 g/mol. The van der Waals surface area contributed by atoms with Gasteiger partial charge >= 0.3 is 5.69 Å². The first-order chi connectivity index (χ1) is 12.0. The van der Waals surface area contributed by atoms with E-state index in [1.54, 1.807) is 31.4 Å². The standard InChI is InChI=1S/C17H18N2O6/c1-25-14-7-5-12(6-8-14)9-18(16(21)11-20)10-13-3-2-4-15(17(13)22)19(23)24/h2-8,20,22H,9-11H2,1H3. The molecule has 0 radical (unpaired) electrons. The number of phenolic OH excluding ortho intramolecular Hbond substituents is 1. The quantitative estimate of drug-likeness (QED) is 0.584.